The summed E-state index contributed by atoms with van der Waals surface area (Å²) >= 11 is 0. The van der Waals surface area contributed by atoms with Gasteiger partial charge in [-0.15, -0.1) is 0 Å². The topological polar surface area (TPSA) is 24.7 Å². The highest BCUT2D eigenvalue weighted by Crippen LogP contribution is 2.27. The van der Waals surface area contributed by atoms with E-state index in [4.69, 9.17) is 9.98 Å². The van der Waals surface area contributed by atoms with Crippen LogP contribution >= 0.6 is 0 Å². The molecule has 0 spiro atoms. The summed E-state index contributed by atoms with van der Waals surface area (Å²) in [7, 11) is 0. The maximum absolute atomic E-state index is 4.83. The minimum Gasteiger partial charge on any atom is -0.285 e. The van der Waals surface area contributed by atoms with Crippen LogP contribution in [0.15, 0.2) is 119 Å². The molecule has 2 unspecified atom stereocenters. The van der Waals surface area contributed by atoms with E-state index < -0.39 is 0 Å². The molecule has 0 saturated heterocycles. The zero-order valence-electron chi connectivity index (χ0n) is 19.6. The number of benzene rings is 5. The molecule has 0 saturated carbocycles. The van der Waals surface area contributed by atoms with Crippen molar-refractivity contribution in [1.29, 1.82) is 0 Å². The van der Waals surface area contributed by atoms with Gasteiger partial charge in [0.05, 0.1) is 12.1 Å². The molecule has 0 fully saturated rings. The molecule has 0 heterocycles. The number of nitrogens with zero attached hydrogens (tertiary/aromatic N) is 2. The molecule has 0 bridgehead atoms. The van der Waals surface area contributed by atoms with Crippen LogP contribution in [0.3, 0.4) is 0 Å². The first-order valence-corrected chi connectivity index (χ1v) is 11.8. The minimum absolute atomic E-state index is 0.0916. The van der Waals surface area contributed by atoms with Crippen molar-refractivity contribution in [2.75, 3.05) is 0 Å². The molecule has 0 aliphatic heterocycles. The molecule has 5 aromatic carbocycles. The van der Waals surface area contributed by atoms with E-state index in [2.05, 4.69) is 123 Å². The van der Waals surface area contributed by atoms with E-state index in [-0.39, 0.29) is 12.1 Å². The Morgan fingerprint density at radius 1 is 0.471 bits per heavy atom. The highest BCUT2D eigenvalue weighted by molar-refractivity contribution is 5.88. The molecule has 0 radical (unpaired) electrons. The Hall–Kier alpha value is -4.04. The summed E-state index contributed by atoms with van der Waals surface area (Å²) in [6.45, 7) is 4.29. The summed E-state index contributed by atoms with van der Waals surface area (Å²) in [6.07, 6.45) is 3.93. The monoisotopic (exact) mass is 440 g/mol. The SMILES string of the molecule is CC(N=Cc1ccc(C=NC(C)c2cccc3ccccc23)cc1)c1cccc2ccccc12. The van der Waals surface area contributed by atoms with Gasteiger partial charge in [-0.05, 0) is 57.6 Å². The van der Waals surface area contributed by atoms with Gasteiger partial charge in [0, 0.05) is 12.4 Å². The predicted octanol–water partition coefficient (Wildman–Crippen LogP) is 8.35. The zero-order valence-corrected chi connectivity index (χ0v) is 19.6. The first-order valence-electron chi connectivity index (χ1n) is 11.8. The summed E-state index contributed by atoms with van der Waals surface area (Å²) in [4.78, 5) is 9.66. The molecule has 0 amide bonds. The Labute approximate surface area is 201 Å². The second-order valence-electron chi connectivity index (χ2n) is 8.71. The molecule has 2 atom stereocenters. The average molecular weight is 441 g/mol. The molecule has 2 heteroatoms. The van der Waals surface area contributed by atoms with Gasteiger partial charge in [0.2, 0.25) is 0 Å². The lowest BCUT2D eigenvalue weighted by Gasteiger charge is -2.11. The number of fused-ring (bicyclic) bond motifs is 2. The number of rotatable bonds is 6. The quantitative estimate of drug-likeness (QED) is 0.237. The molecule has 34 heavy (non-hydrogen) atoms. The van der Waals surface area contributed by atoms with Gasteiger partial charge in [-0.3, -0.25) is 9.98 Å². The molecule has 166 valence electrons. The summed E-state index contributed by atoms with van der Waals surface area (Å²) in [6, 6.07) is 38.4. The van der Waals surface area contributed by atoms with Crippen molar-refractivity contribution in [1.82, 2.24) is 0 Å². The van der Waals surface area contributed by atoms with Crippen LogP contribution < -0.4 is 0 Å². The van der Waals surface area contributed by atoms with Crippen molar-refractivity contribution in [2.45, 2.75) is 25.9 Å². The van der Waals surface area contributed by atoms with Crippen LogP contribution in [-0.4, -0.2) is 12.4 Å². The summed E-state index contributed by atoms with van der Waals surface area (Å²) < 4.78 is 0. The van der Waals surface area contributed by atoms with Crippen molar-refractivity contribution in [3.05, 3.63) is 131 Å². The van der Waals surface area contributed by atoms with E-state index in [1.54, 1.807) is 0 Å². The first-order chi connectivity index (χ1) is 16.7. The molecule has 5 rings (SSSR count). The smallest absolute Gasteiger partial charge is 0.0727 e. The van der Waals surface area contributed by atoms with Gasteiger partial charge in [-0.25, -0.2) is 0 Å². The van der Waals surface area contributed by atoms with Crippen LogP contribution in [0, 0.1) is 0 Å². The predicted molar refractivity (Wildman–Crippen MR) is 146 cm³/mol. The van der Waals surface area contributed by atoms with E-state index in [0.717, 1.165) is 11.1 Å². The van der Waals surface area contributed by atoms with Gasteiger partial charge in [-0.2, -0.15) is 0 Å². The van der Waals surface area contributed by atoms with Crippen LogP contribution in [0.2, 0.25) is 0 Å². The Morgan fingerprint density at radius 3 is 1.29 bits per heavy atom. The largest absolute Gasteiger partial charge is 0.285 e. The molecule has 5 aromatic rings. The van der Waals surface area contributed by atoms with E-state index >= 15 is 0 Å². The van der Waals surface area contributed by atoms with Gasteiger partial charge >= 0.3 is 0 Å². The van der Waals surface area contributed by atoms with E-state index in [1.807, 2.05) is 12.4 Å². The number of hydrogen-bond donors (Lipinski definition) is 0. The Balaban J connectivity index is 1.29. The van der Waals surface area contributed by atoms with Gasteiger partial charge in [-0.1, -0.05) is 109 Å². The maximum Gasteiger partial charge on any atom is 0.0727 e. The molecule has 0 aliphatic carbocycles. The Kier molecular flexibility index (Phi) is 6.31. The van der Waals surface area contributed by atoms with Gasteiger partial charge in [0.1, 0.15) is 0 Å². The highest BCUT2D eigenvalue weighted by Gasteiger charge is 2.08. The van der Waals surface area contributed by atoms with Crippen LogP contribution in [0.4, 0.5) is 0 Å². The Morgan fingerprint density at radius 2 is 0.853 bits per heavy atom. The highest BCUT2D eigenvalue weighted by atomic mass is 14.8. The van der Waals surface area contributed by atoms with Crippen molar-refractivity contribution in [2.24, 2.45) is 9.98 Å². The summed E-state index contributed by atoms with van der Waals surface area (Å²) in [5, 5.41) is 5.04. The van der Waals surface area contributed by atoms with E-state index in [0.29, 0.717) is 0 Å². The zero-order chi connectivity index (χ0) is 23.3. The van der Waals surface area contributed by atoms with Crippen molar-refractivity contribution in [3.8, 4) is 0 Å². The lowest BCUT2D eigenvalue weighted by atomic mass is 10.00. The van der Waals surface area contributed by atoms with Gasteiger partial charge in [0.25, 0.3) is 0 Å². The van der Waals surface area contributed by atoms with E-state index in [9.17, 15) is 0 Å². The van der Waals surface area contributed by atoms with Crippen molar-refractivity contribution < 1.29 is 0 Å². The summed E-state index contributed by atoms with van der Waals surface area (Å²) in [5.74, 6) is 0. The first kappa shape index (κ1) is 21.8. The second kappa shape index (κ2) is 9.84. The van der Waals surface area contributed by atoms with Gasteiger partial charge < -0.3 is 0 Å². The van der Waals surface area contributed by atoms with Crippen LogP contribution in [0.1, 0.15) is 48.2 Å². The average Bonchev–Trinajstić information content (AvgIpc) is 2.90. The van der Waals surface area contributed by atoms with Gasteiger partial charge in [0.15, 0.2) is 0 Å². The van der Waals surface area contributed by atoms with Crippen LogP contribution in [0.25, 0.3) is 21.5 Å². The fraction of sp³-hybridized carbons (Fsp3) is 0.125. The van der Waals surface area contributed by atoms with Crippen LogP contribution in [0.5, 0.6) is 0 Å². The molecular formula is C32H28N2. The third-order valence-corrected chi connectivity index (χ3v) is 6.38. The normalized spacial score (nSPS) is 13.7. The lowest BCUT2D eigenvalue weighted by molar-refractivity contribution is 0.833. The molecule has 0 aliphatic rings. The standard InChI is InChI=1S/C32H28N2/c1-23(29-15-7-11-27-9-3-5-13-31(27)29)33-21-25-17-19-26(20-18-25)22-34-24(2)30-16-8-12-28-10-4-6-14-32(28)30/h3-24H,1-2H3. The summed E-state index contributed by atoms with van der Waals surface area (Å²) in [5.41, 5.74) is 4.68. The molecule has 2 nitrogen and oxygen atoms in total. The van der Waals surface area contributed by atoms with Crippen LogP contribution in [-0.2, 0) is 0 Å². The maximum atomic E-state index is 4.83. The fourth-order valence-electron chi connectivity index (χ4n) is 4.45. The van der Waals surface area contributed by atoms with E-state index in [1.165, 1.54) is 32.7 Å². The molecule has 0 aromatic heterocycles. The molecule has 0 N–H and O–H groups in total. The Bertz CT molecular complexity index is 1350. The van der Waals surface area contributed by atoms with Crippen molar-refractivity contribution in [3.63, 3.8) is 0 Å². The minimum atomic E-state index is 0.0916. The lowest BCUT2D eigenvalue weighted by Crippen LogP contribution is -1.94. The molecular weight excluding hydrogens is 412 g/mol. The second-order valence-corrected chi connectivity index (χ2v) is 8.71. The number of hydrogen-bond acceptors (Lipinski definition) is 2. The third-order valence-electron chi connectivity index (χ3n) is 6.38. The third kappa shape index (κ3) is 4.67. The fourth-order valence-corrected chi connectivity index (χ4v) is 4.45. The van der Waals surface area contributed by atoms with Crippen molar-refractivity contribution >= 4 is 34.0 Å². The number of aliphatic imine (C=N–C) groups is 2.